The largest absolute Gasteiger partial charge is 0.305 e. The monoisotopic (exact) mass is 1610 g/mol. The summed E-state index contributed by atoms with van der Waals surface area (Å²) in [6, 6.07) is 9.57. The van der Waals surface area contributed by atoms with Crippen LogP contribution in [0, 0.1) is 163 Å². The van der Waals surface area contributed by atoms with Crippen molar-refractivity contribution in [3.8, 4) is 0 Å². The molecule has 0 aliphatic carbocycles. The molecule has 1 nitrogen and oxygen atoms in total. The normalized spacial score (nSPS) is 12.3. The first-order chi connectivity index (χ1) is 52.8. The molecule has 0 saturated carbocycles. The van der Waals surface area contributed by atoms with Crippen molar-refractivity contribution < 1.29 is 128 Å². The second-order valence-electron chi connectivity index (χ2n) is 28.2. The highest BCUT2D eigenvalue weighted by molar-refractivity contribution is 7.20. The van der Waals surface area contributed by atoms with Gasteiger partial charge in [0, 0.05) is 0 Å². The Morgan fingerprint density at radius 3 is 0.577 bits per heavy atom. The molecule has 1 atom stereocenters. The van der Waals surface area contributed by atoms with E-state index in [0.717, 1.165) is 0 Å². The lowest BCUT2D eigenvalue weighted by molar-refractivity contribution is -0.810. The van der Waals surface area contributed by atoms with Gasteiger partial charge in [0.1, 0.15) is 58.4 Å². The van der Waals surface area contributed by atoms with Crippen LogP contribution < -0.4 is 26.8 Å². The van der Waals surface area contributed by atoms with Crippen LogP contribution in [-0.2, 0) is 6.42 Å². The molecule has 0 aliphatic heterocycles. The molecule has 0 radical (unpaired) electrons. The number of fused-ring (bicyclic) bond motifs is 4. The molecule has 30 heteroatoms. The van der Waals surface area contributed by atoms with Gasteiger partial charge in [-0.2, -0.15) is 0 Å². The number of halogens is 28. The Kier molecular flexibility index (Phi) is 31.3. The third kappa shape index (κ3) is 17.7. The third-order valence-corrected chi connectivity index (χ3v) is 20.9. The topological polar surface area (TPSA) is 4.44 Å². The smallest absolute Gasteiger partial charge is 0.198 e. The molecule has 0 bridgehead atoms. The summed E-state index contributed by atoms with van der Waals surface area (Å²) >= 11 is 0. The summed E-state index contributed by atoms with van der Waals surface area (Å²) in [4.78, 5) is 1.59. The minimum atomic E-state index is -7.99. The Balaban J connectivity index is 0.000000317. The lowest BCUT2D eigenvalue weighted by Gasteiger charge is -2.45. The van der Waals surface area contributed by atoms with Crippen molar-refractivity contribution in [3.63, 3.8) is 0 Å². The summed E-state index contributed by atoms with van der Waals surface area (Å²) in [6.07, 6.45) is 36.6. The van der Waals surface area contributed by atoms with E-state index in [4.69, 9.17) is 0 Å². The number of quaternary nitrogens is 1. The summed E-state index contributed by atoms with van der Waals surface area (Å²) in [5, 5.41) is -25.0. The van der Waals surface area contributed by atoms with Crippen molar-refractivity contribution >= 4 is 76.8 Å². The predicted octanol–water partition coefficient (Wildman–Crippen LogP) is 24.7. The first-order valence-corrected chi connectivity index (χ1v) is 37.1. The summed E-state index contributed by atoms with van der Waals surface area (Å²) in [7, 11) is 2.35. The average Bonchev–Trinajstić information content (AvgIpc) is 0.668. The van der Waals surface area contributed by atoms with Gasteiger partial charge in [-0.05, 0) is 43.4 Å². The maximum Gasteiger partial charge on any atom is 0.198 e. The van der Waals surface area contributed by atoms with Crippen LogP contribution in [0.15, 0.2) is 24.3 Å². The van der Waals surface area contributed by atoms with Crippen molar-refractivity contribution in [3.05, 3.63) is 193 Å². The lowest BCUT2D eigenvalue weighted by atomic mass is 9.12. The summed E-state index contributed by atoms with van der Waals surface area (Å²) in [5.74, 6) is -102. The number of nitrogens with one attached hydrogen (secondary N) is 1. The second-order valence-corrected chi connectivity index (χ2v) is 28.2. The van der Waals surface area contributed by atoms with E-state index < -0.39 is 234 Å². The van der Waals surface area contributed by atoms with E-state index in [1.54, 1.807) is 4.90 Å². The summed E-state index contributed by atoms with van der Waals surface area (Å²) < 4.78 is 442. The molecule has 0 spiro atoms. The zero-order valence-electron chi connectivity index (χ0n) is 60.6. The minimum absolute atomic E-state index is 1.26. The van der Waals surface area contributed by atoms with E-state index in [2.05, 4.69) is 45.2 Å². The molecule has 111 heavy (non-hydrogen) atoms. The van der Waals surface area contributed by atoms with E-state index in [-0.39, 0.29) is 0 Å². The van der Waals surface area contributed by atoms with Gasteiger partial charge in [-0.15, -0.1) is 21.9 Å². The van der Waals surface area contributed by atoms with Gasteiger partial charge >= 0.3 is 0 Å². The highest BCUT2D eigenvalue weighted by Crippen LogP contribution is 2.42. The second kappa shape index (κ2) is 39.2. The first-order valence-electron chi connectivity index (χ1n) is 37.1. The molecule has 1 unspecified atom stereocenters. The number of hydrogen-bond acceptors (Lipinski definition) is 0. The van der Waals surface area contributed by atoms with Gasteiger partial charge in [-0.1, -0.05) is 199 Å². The molecule has 9 aromatic rings. The molecule has 9 aromatic carbocycles. The molecule has 0 aliphatic rings. The van der Waals surface area contributed by atoms with Crippen LogP contribution in [0.1, 0.15) is 212 Å². The van der Waals surface area contributed by atoms with E-state index in [1.807, 2.05) is 0 Å². The SMILES string of the molecule is CCCCCCCCCCCCCCCCCC[NH+](C)c1ccc(CCCCCCCCCCCCCCCC)cc1.Fc1c(F)c(F)c2c(F)c([B-](c3c(F)c(F)c4c(F)c(F)c(F)c(F)c4c3F)(c3c(F)c(F)c4c(F)c(F)c(F)c(F)c4c3F)c3c(F)c(F)c4c(F)c(F)c(F)c(F)c4c3F)c(F)c(F)c2c1F. The Morgan fingerprint density at radius 1 is 0.198 bits per heavy atom. The van der Waals surface area contributed by atoms with E-state index in [9.17, 15) is 35.1 Å². The number of aryl methyl sites for hydroxylation is 1. The molecule has 1 N–H and O–H groups in total. The molecule has 606 valence electrons. The summed E-state index contributed by atoms with van der Waals surface area (Å²) in [5.41, 5.74) is -12.9. The Hall–Kier alpha value is -7.92. The van der Waals surface area contributed by atoms with E-state index in [1.165, 1.54) is 217 Å². The van der Waals surface area contributed by atoms with Gasteiger partial charge < -0.3 is 4.90 Å². The van der Waals surface area contributed by atoms with Crippen molar-refractivity contribution in [2.24, 2.45) is 0 Å². The van der Waals surface area contributed by atoms with Gasteiger partial charge in [0.2, 0.25) is 0 Å². The summed E-state index contributed by atoms with van der Waals surface area (Å²) in [6.45, 7) is 5.89. The molecule has 0 saturated heterocycles. The average molecular weight is 1610 g/mol. The lowest BCUT2D eigenvalue weighted by Crippen LogP contribution is -3.03. The van der Waals surface area contributed by atoms with Gasteiger partial charge in [0.15, 0.2) is 116 Å². The van der Waals surface area contributed by atoms with E-state index in [0.29, 0.717) is 0 Å². The van der Waals surface area contributed by atoms with E-state index >= 15 is 87.8 Å². The van der Waals surface area contributed by atoms with Crippen molar-refractivity contribution in [1.82, 2.24) is 0 Å². The number of unbranched alkanes of at least 4 members (excludes halogenated alkanes) is 28. The van der Waals surface area contributed by atoms with Gasteiger partial charge in [-0.3, -0.25) is 0 Å². The number of hydrogen-bond donors (Lipinski definition) is 1. The fraction of sp³-hybridized carbons (Fsp3) is 0.432. The van der Waals surface area contributed by atoms with Gasteiger partial charge in [0.25, 0.3) is 0 Å². The highest BCUT2D eigenvalue weighted by Gasteiger charge is 2.53. The molecular weight excluding hydrogens is 1530 g/mol. The van der Waals surface area contributed by atoms with Crippen LogP contribution in [0.5, 0.6) is 0 Å². The maximum absolute atomic E-state index is 17.4. The standard InChI is InChI=1S/C41H77N.C40BF28/c1-4-6-8-10-12-14-16-18-20-21-23-25-27-29-31-33-39-42(3)41-37-35-40(36-38-41)34-32-30-28-26-24-22-19-17-15-13-11-9-7-5-2;42-13-1-5(25(54)37(66)33(62)21(1)50)17(46)29(58)9(13)41(10-14(43)2-6(18(47)30(10)59)26(55)38(67)34(63)22(2)51,11-15(44)3-7(19(48)31(11)60)27(56)39(68)35(64)23(3)52)12-16(45)4-8(20(49)32(12)61)28(57)40(69)36(65)24(4)53/h35-38H,4-34,39H2,1-3H3;/q;-1/p+1. The molecular formula is C81H78BF28N. The molecule has 0 aromatic heterocycles. The fourth-order valence-corrected chi connectivity index (χ4v) is 15.0. The number of rotatable bonds is 37. The Morgan fingerprint density at radius 2 is 0.369 bits per heavy atom. The molecule has 0 amide bonds. The van der Waals surface area contributed by atoms with Crippen molar-refractivity contribution in [1.29, 1.82) is 0 Å². The van der Waals surface area contributed by atoms with Crippen LogP contribution in [-0.4, -0.2) is 19.7 Å². The molecule has 0 heterocycles. The maximum atomic E-state index is 17.4. The van der Waals surface area contributed by atoms with Crippen molar-refractivity contribution in [2.45, 2.75) is 213 Å². The quantitative estimate of drug-likeness (QED) is 0.0130. The van der Waals surface area contributed by atoms with Crippen LogP contribution in [0.25, 0.3) is 43.1 Å². The zero-order chi connectivity index (χ0) is 81.8. The zero-order valence-corrected chi connectivity index (χ0v) is 60.6. The third-order valence-electron chi connectivity index (χ3n) is 20.9. The van der Waals surface area contributed by atoms with Crippen LogP contribution >= 0.6 is 0 Å². The molecule has 9 rings (SSSR count). The Labute approximate surface area is 621 Å². The van der Waals surface area contributed by atoms with Crippen LogP contribution in [0.4, 0.5) is 129 Å². The van der Waals surface area contributed by atoms with Crippen LogP contribution in [0.3, 0.4) is 0 Å². The fourth-order valence-electron chi connectivity index (χ4n) is 15.0. The van der Waals surface area contributed by atoms with Gasteiger partial charge in [0.05, 0.1) is 56.7 Å². The minimum Gasteiger partial charge on any atom is -0.305 e. The predicted molar refractivity (Wildman–Crippen MR) is 370 cm³/mol. The van der Waals surface area contributed by atoms with Gasteiger partial charge in [-0.25, -0.2) is 123 Å². The molecule has 0 fully saturated rings. The Bertz CT molecular complexity index is 4360. The first kappa shape index (κ1) is 88.6. The highest BCUT2D eigenvalue weighted by atomic mass is 19.2. The van der Waals surface area contributed by atoms with Crippen molar-refractivity contribution in [2.75, 3.05) is 13.6 Å². The number of benzene rings is 9. The van der Waals surface area contributed by atoms with Crippen LogP contribution in [0.2, 0.25) is 0 Å².